The maximum absolute atomic E-state index is 13.3. The van der Waals surface area contributed by atoms with Crippen molar-refractivity contribution in [2.24, 2.45) is 10.2 Å². The van der Waals surface area contributed by atoms with E-state index >= 15 is 0 Å². The molecule has 4 aromatic carbocycles. The van der Waals surface area contributed by atoms with E-state index in [-0.39, 0.29) is 26.9 Å². The number of carbonyl (C=O) groups excluding carboxylic acids is 1. The van der Waals surface area contributed by atoms with E-state index in [1.807, 2.05) is 0 Å². The van der Waals surface area contributed by atoms with Crippen LogP contribution in [0.1, 0.15) is 29.8 Å². The molecule has 0 aromatic heterocycles. The molecule has 0 saturated carbocycles. The fraction of sp³-hybridized carbons (Fsp3) is 0.148. The van der Waals surface area contributed by atoms with Crippen LogP contribution >= 0.6 is 23.2 Å². The zero-order valence-electron chi connectivity index (χ0n) is 20.8. The van der Waals surface area contributed by atoms with Crippen LogP contribution in [0.4, 0.5) is 17.1 Å². The fourth-order valence-electron chi connectivity index (χ4n) is 3.94. The maximum Gasteiger partial charge on any atom is 0.294 e. The van der Waals surface area contributed by atoms with Crippen molar-refractivity contribution in [3.05, 3.63) is 81.8 Å². The van der Waals surface area contributed by atoms with E-state index < -0.39 is 21.8 Å². The quantitative estimate of drug-likeness (QED) is 0.142. The van der Waals surface area contributed by atoms with Crippen molar-refractivity contribution in [2.75, 3.05) is 11.9 Å². The Kier molecular flexibility index (Phi) is 8.41. The topological polar surface area (TPSA) is 138 Å². The number of ether oxygens (including phenoxy) is 1. The summed E-state index contributed by atoms with van der Waals surface area (Å²) in [6, 6.07) is 15.7. The molecule has 39 heavy (non-hydrogen) atoms. The highest BCUT2D eigenvalue weighted by Gasteiger charge is 2.21. The molecule has 0 aliphatic rings. The molecular weight excluding hydrogens is 565 g/mol. The second-order valence-electron chi connectivity index (χ2n) is 8.29. The summed E-state index contributed by atoms with van der Waals surface area (Å²) in [5, 5.41) is 23.7. The van der Waals surface area contributed by atoms with Gasteiger partial charge in [-0.05, 0) is 54.6 Å². The molecule has 0 aliphatic carbocycles. The number of azo groups is 1. The second-order valence-corrected chi connectivity index (χ2v) is 10.5. The number of phenolic OH excluding ortho intramolecular Hbond substituents is 1. The normalized spacial score (nSPS) is 11.7. The number of fused-ring (bicyclic) bond motifs is 1. The van der Waals surface area contributed by atoms with Gasteiger partial charge in [-0.2, -0.15) is 8.42 Å². The van der Waals surface area contributed by atoms with E-state index in [0.717, 1.165) is 6.07 Å². The third-order valence-corrected chi connectivity index (χ3v) is 7.21. The molecule has 0 saturated heterocycles. The molecular formula is C27H23Cl2N3O6S. The van der Waals surface area contributed by atoms with Crippen LogP contribution in [0.2, 0.25) is 10.0 Å². The minimum absolute atomic E-state index is 0.00588. The summed E-state index contributed by atoms with van der Waals surface area (Å²) >= 11 is 12.5. The molecule has 4 aromatic rings. The number of anilines is 1. The van der Waals surface area contributed by atoms with E-state index in [2.05, 4.69) is 15.5 Å². The Balaban J connectivity index is 1.81. The van der Waals surface area contributed by atoms with Crippen molar-refractivity contribution in [1.29, 1.82) is 0 Å². The molecule has 0 fully saturated rings. The Morgan fingerprint density at radius 1 is 0.974 bits per heavy atom. The lowest BCUT2D eigenvalue weighted by atomic mass is 10.0. The Morgan fingerprint density at radius 2 is 1.69 bits per heavy atom. The van der Waals surface area contributed by atoms with Crippen molar-refractivity contribution < 1.29 is 27.6 Å². The number of hydrogen-bond acceptors (Lipinski definition) is 7. The fourth-order valence-corrected chi connectivity index (χ4v) is 5.07. The van der Waals surface area contributed by atoms with Crippen LogP contribution in [0.5, 0.6) is 11.5 Å². The van der Waals surface area contributed by atoms with Gasteiger partial charge in [0.05, 0.1) is 32.8 Å². The van der Waals surface area contributed by atoms with Gasteiger partial charge in [-0.25, -0.2) is 0 Å². The second kappa shape index (κ2) is 11.6. The number of rotatable bonds is 8. The third-order valence-electron chi connectivity index (χ3n) is 5.79. The zero-order valence-corrected chi connectivity index (χ0v) is 23.1. The Morgan fingerprint density at radius 3 is 2.38 bits per heavy atom. The summed E-state index contributed by atoms with van der Waals surface area (Å²) in [6.07, 6.45) is 0.328. The van der Waals surface area contributed by atoms with Crippen LogP contribution in [0, 0.1) is 0 Å². The molecule has 9 nitrogen and oxygen atoms in total. The number of aromatic hydroxyl groups is 1. The van der Waals surface area contributed by atoms with E-state index in [1.54, 1.807) is 56.3 Å². The summed E-state index contributed by atoms with van der Waals surface area (Å²) in [4.78, 5) is 12.9. The molecule has 0 spiro atoms. The highest BCUT2D eigenvalue weighted by atomic mass is 35.5. The average Bonchev–Trinajstić information content (AvgIpc) is 2.89. The van der Waals surface area contributed by atoms with Crippen LogP contribution in [-0.4, -0.2) is 30.6 Å². The molecule has 12 heteroatoms. The van der Waals surface area contributed by atoms with Gasteiger partial charge in [0.15, 0.2) is 11.5 Å². The standard InChI is InChI=1S/C27H23Cl2N3O6S/c1-3-15-12-17(39(35,36)37)14-21(29)23(15)31-32-24-18-9-6-5-8-16(18)13-19(25(24)33)27(34)30-22-11-7-10-20(28)26(22)38-4-2/h5-14,33H,3-4H2,1-2H3,(H,30,34)(H,35,36,37). The third kappa shape index (κ3) is 5.99. The summed E-state index contributed by atoms with van der Waals surface area (Å²) in [7, 11) is -4.49. The lowest BCUT2D eigenvalue weighted by Crippen LogP contribution is -2.13. The van der Waals surface area contributed by atoms with E-state index in [1.165, 1.54) is 12.1 Å². The predicted octanol–water partition coefficient (Wildman–Crippen LogP) is 7.73. The average molecular weight is 588 g/mol. The summed E-state index contributed by atoms with van der Waals surface area (Å²) in [5.74, 6) is -0.772. The number of phenols is 1. The Bertz CT molecular complexity index is 1720. The molecule has 0 bridgehead atoms. The van der Waals surface area contributed by atoms with Crippen LogP contribution in [0.15, 0.2) is 75.8 Å². The minimum Gasteiger partial charge on any atom is -0.505 e. The van der Waals surface area contributed by atoms with Crippen molar-refractivity contribution in [3.8, 4) is 11.5 Å². The van der Waals surface area contributed by atoms with Gasteiger partial charge in [-0.15, -0.1) is 10.2 Å². The van der Waals surface area contributed by atoms with Gasteiger partial charge in [0.1, 0.15) is 11.4 Å². The zero-order chi connectivity index (χ0) is 28.3. The van der Waals surface area contributed by atoms with Crippen LogP contribution in [0.25, 0.3) is 10.8 Å². The monoisotopic (exact) mass is 587 g/mol. The molecule has 3 N–H and O–H groups in total. The highest BCUT2D eigenvalue weighted by Crippen LogP contribution is 2.42. The smallest absolute Gasteiger partial charge is 0.294 e. The molecule has 0 radical (unpaired) electrons. The van der Waals surface area contributed by atoms with Gasteiger partial charge in [0.25, 0.3) is 16.0 Å². The first-order valence-corrected chi connectivity index (χ1v) is 13.9. The summed E-state index contributed by atoms with van der Waals surface area (Å²) in [6.45, 7) is 3.86. The molecule has 0 aliphatic heterocycles. The molecule has 1 amide bonds. The number of hydrogen-bond donors (Lipinski definition) is 3. The molecule has 0 heterocycles. The van der Waals surface area contributed by atoms with Crippen molar-refractivity contribution in [3.63, 3.8) is 0 Å². The Hall–Kier alpha value is -3.70. The number of aryl methyl sites for hydroxylation is 1. The summed E-state index contributed by atoms with van der Waals surface area (Å²) in [5.41, 5.74) is 0.814. The lowest BCUT2D eigenvalue weighted by Gasteiger charge is -2.14. The molecule has 4 rings (SSSR count). The van der Waals surface area contributed by atoms with Gasteiger partial charge in [-0.1, -0.05) is 60.5 Å². The van der Waals surface area contributed by atoms with Crippen LogP contribution < -0.4 is 10.1 Å². The molecule has 0 atom stereocenters. The van der Waals surface area contributed by atoms with Gasteiger partial charge >= 0.3 is 0 Å². The van der Waals surface area contributed by atoms with E-state index in [9.17, 15) is 22.9 Å². The molecule has 0 unspecified atom stereocenters. The first-order chi connectivity index (χ1) is 18.5. The number of amides is 1. The number of halogens is 2. The number of para-hydroxylation sites is 1. The number of carbonyl (C=O) groups is 1. The number of nitrogens with one attached hydrogen (secondary N) is 1. The van der Waals surface area contributed by atoms with Gasteiger partial charge in [0.2, 0.25) is 0 Å². The first kappa shape index (κ1) is 28.3. The van der Waals surface area contributed by atoms with Crippen molar-refractivity contribution >= 4 is 67.1 Å². The largest absolute Gasteiger partial charge is 0.505 e. The van der Waals surface area contributed by atoms with E-state index in [0.29, 0.717) is 45.8 Å². The maximum atomic E-state index is 13.3. The van der Waals surface area contributed by atoms with Gasteiger partial charge < -0.3 is 15.2 Å². The first-order valence-electron chi connectivity index (χ1n) is 11.7. The number of benzene rings is 4. The van der Waals surface area contributed by atoms with Gasteiger partial charge in [0, 0.05) is 5.39 Å². The van der Waals surface area contributed by atoms with Crippen molar-refractivity contribution in [2.45, 2.75) is 25.2 Å². The van der Waals surface area contributed by atoms with Crippen LogP contribution in [0.3, 0.4) is 0 Å². The summed E-state index contributed by atoms with van der Waals surface area (Å²) < 4.78 is 38.2. The highest BCUT2D eigenvalue weighted by molar-refractivity contribution is 7.85. The lowest BCUT2D eigenvalue weighted by molar-refractivity contribution is 0.102. The minimum atomic E-state index is -4.49. The van der Waals surface area contributed by atoms with Crippen LogP contribution in [-0.2, 0) is 16.5 Å². The number of nitrogens with zero attached hydrogens (tertiary/aromatic N) is 2. The van der Waals surface area contributed by atoms with Gasteiger partial charge in [-0.3, -0.25) is 9.35 Å². The van der Waals surface area contributed by atoms with E-state index in [4.69, 9.17) is 27.9 Å². The van der Waals surface area contributed by atoms with Crippen molar-refractivity contribution in [1.82, 2.24) is 0 Å². The Labute approximate surface area is 234 Å². The predicted molar refractivity (Wildman–Crippen MR) is 151 cm³/mol. The molecule has 202 valence electrons. The SMILES string of the molecule is CCOc1c(Cl)cccc1NC(=O)c1cc2ccccc2c(N=Nc2c(Cl)cc(S(=O)(=O)O)cc2CC)c1O.